The minimum Gasteiger partial charge on any atom is -0.371 e. The van der Waals surface area contributed by atoms with Gasteiger partial charge in [0, 0.05) is 0 Å². The number of halogens is 1. The molecule has 0 spiro atoms. The van der Waals surface area contributed by atoms with Gasteiger partial charge in [0.2, 0.25) is 0 Å². The molecule has 5 nitrogen and oxygen atoms in total. The molecule has 0 unspecified atom stereocenters. The monoisotopic (exact) mass is 334 g/mol. The van der Waals surface area contributed by atoms with Gasteiger partial charge in [0.25, 0.3) is 10.1 Å². The van der Waals surface area contributed by atoms with Crippen LogP contribution in [-0.2, 0) is 23.8 Å². The van der Waals surface area contributed by atoms with Crippen LogP contribution in [0, 0.1) is 0 Å². The Labute approximate surface area is 96.4 Å². The van der Waals surface area contributed by atoms with Crippen molar-refractivity contribution in [2.24, 2.45) is 0 Å². The first-order valence-electron chi connectivity index (χ1n) is 4.23. The Bertz CT molecular complexity index is 316. The zero-order valence-corrected chi connectivity index (χ0v) is 10.5. The van der Waals surface area contributed by atoms with E-state index in [0.29, 0.717) is 13.2 Å². The molecule has 14 heavy (non-hydrogen) atoms. The van der Waals surface area contributed by atoms with E-state index >= 15 is 0 Å². The third-order valence-corrected chi connectivity index (χ3v) is 3.91. The van der Waals surface area contributed by atoms with E-state index in [1.54, 1.807) is 0 Å². The third kappa shape index (κ3) is 2.21. The van der Waals surface area contributed by atoms with Crippen LogP contribution in [0.2, 0.25) is 0 Å². The second-order valence-electron chi connectivity index (χ2n) is 3.45. The number of ether oxygens (including phenoxy) is 2. The Morgan fingerprint density at radius 3 is 2.57 bits per heavy atom. The van der Waals surface area contributed by atoms with Gasteiger partial charge in [-0.05, 0) is 0 Å². The summed E-state index contributed by atoms with van der Waals surface area (Å²) in [5.74, 6) is 0. The van der Waals surface area contributed by atoms with Crippen molar-refractivity contribution in [2.75, 3.05) is 19.5 Å². The van der Waals surface area contributed by atoms with Crippen LogP contribution in [0.25, 0.3) is 0 Å². The normalized spacial score (nSPS) is 42.7. The minimum absolute atomic E-state index is 0.0256. The second-order valence-corrected chi connectivity index (χ2v) is 6.65. The van der Waals surface area contributed by atoms with Crippen LogP contribution in [0.1, 0.15) is 0 Å². The lowest BCUT2D eigenvalue weighted by molar-refractivity contribution is 0.0341. The first kappa shape index (κ1) is 11.1. The first-order valence-corrected chi connectivity index (χ1v) is 7.29. The summed E-state index contributed by atoms with van der Waals surface area (Å²) in [5.41, 5.74) is 0. The highest BCUT2D eigenvalue weighted by atomic mass is 127. The van der Waals surface area contributed by atoms with Gasteiger partial charge in [0.1, 0.15) is 18.3 Å². The Kier molecular flexibility index (Phi) is 3.04. The van der Waals surface area contributed by atoms with E-state index in [-0.39, 0.29) is 16.1 Å². The fourth-order valence-electron chi connectivity index (χ4n) is 1.72. The van der Waals surface area contributed by atoms with Crippen molar-refractivity contribution < 1.29 is 22.1 Å². The molecule has 0 aromatic rings. The Balaban J connectivity index is 2.04. The predicted molar refractivity (Wildman–Crippen MR) is 57.0 cm³/mol. The minimum atomic E-state index is -3.43. The Hall–Kier alpha value is 0.560. The summed E-state index contributed by atoms with van der Waals surface area (Å²) in [6.45, 7) is 0.890. The van der Waals surface area contributed by atoms with Crippen molar-refractivity contribution >= 4 is 32.7 Å². The van der Waals surface area contributed by atoms with Gasteiger partial charge in [0.05, 0.1) is 23.4 Å². The molecule has 0 N–H and O–H groups in total. The van der Waals surface area contributed by atoms with Gasteiger partial charge >= 0.3 is 0 Å². The molecule has 0 saturated carbocycles. The maximum atomic E-state index is 10.9. The van der Waals surface area contributed by atoms with Crippen molar-refractivity contribution in [3.63, 3.8) is 0 Å². The molecule has 2 fully saturated rings. The SMILES string of the molecule is CS(=O)(=O)O[C@H]1CO[C@@H]2[C@@H]1OC[C@@H]2I. The molecule has 0 aromatic heterocycles. The van der Waals surface area contributed by atoms with Crippen LogP contribution in [-0.4, -0.2) is 50.1 Å². The molecular formula is C7H11IO5S. The van der Waals surface area contributed by atoms with Crippen LogP contribution < -0.4 is 0 Å². The average molecular weight is 334 g/mol. The summed E-state index contributed by atoms with van der Waals surface area (Å²) in [6, 6.07) is 0. The van der Waals surface area contributed by atoms with Crippen molar-refractivity contribution in [1.82, 2.24) is 0 Å². The standard InChI is InChI=1S/C7H11IO5S/c1-14(9,10)13-5-3-12-6-4(8)2-11-7(5)6/h4-7H,2-3H2,1H3/t4-,5-,6-,7+/m0/s1. The van der Waals surface area contributed by atoms with Crippen molar-refractivity contribution in [3.05, 3.63) is 0 Å². The third-order valence-electron chi connectivity index (χ3n) is 2.25. The lowest BCUT2D eigenvalue weighted by Gasteiger charge is -2.14. The summed E-state index contributed by atoms with van der Waals surface area (Å²) >= 11 is 2.24. The largest absolute Gasteiger partial charge is 0.371 e. The van der Waals surface area contributed by atoms with Gasteiger partial charge in [-0.3, -0.25) is 4.18 Å². The van der Waals surface area contributed by atoms with E-state index in [2.05, 4.69) is 22.6 Å². The predicted octanol–water partition coefficient (Wildman–Crippen LogP) is -0.0676. The van der Waals surface area contributed by atoms with Gasteiger partial charge in [0.15, 0.2) is 0 Å². The molecule has 0 aliphatic carbocycles. The average Bonchev–Trinajstić information content (AvgIpc) is 2.55. The molecule has 82 valence electrons. The molecule has 2 aliphatic rings. The highest BCUT2D eigenvalue weighted by molar-refractivity contribution is 14.1. The summed E-state index contributed by atoms with van der Waals surface area (Å²) in [5, 5.41) is 0. The number of hydrogen-bond donors (Lipinski definition) is 0. The summed E-state index contributed by atoms with van der Waals surface area (Å²) < 4.78 is 37.9. The Morgan fingerprint density at radius 2 is 1.93 bits per heavy atom. The smallest absolute Gasteiger partial charge is 0.264 e. The number of alkyl halides is 1. The highest BCUT2D eigenvalue weighted by Gasteiger charge is 2.48. The van der Waals surface area contributed by atoms with E-state index in [9.17, 15) is 8.42 Å². The molecule has 2 rings (SSSR count). The highest BCUT2D eigenvalue weighted by Crippen LogP contribution is 2.33. The molecule has 4 atom stereocenters. The van der Waals surface area contributed by atoms with Gasteiger partial charge in [-0.25, -0.2) is 0 Å². The molecule has 2 heterocycles. The fraction of sp³-hybridized carbons (Fsp3) is 1.00. The molecule has 0 amide bonds. The quantitative estimate of drug-likeness (QED) is 0.402. The number of rotatable bonds is 2. The molecule has 7 heteroatoms. The first-order chi connectivity index (χ1) is 6.47. The van der Waals surface area contributed by atoms with Crippen LogP contribution >= 0.6 is 22.6 Å². The van der Waals surface area contributed by atoms with Gasteiger partial charge < -0.3 is 9.47 Å². The maximum absolute atomic E-state index is 10.9. The lowest BCUT2D eigenvalue weighted by Crippen LogP contribution is -2.32. The summed E-state index contributed by atoms with van der Waals surface area (Å²) in [4.78, 5) is 0. The van der Waals surface area contributed by atoms with E-state index in [4.69, 9.17) is 13.7 Å². The lowest BCUT2D eigenvalue weighted by atomic mass is 10.1. The fourth-order valence-corrected chi connectivity index (χ4v) is 3.16. The summed E-state index contributed by atoms with van der Waals surface area (Å²) in [6.07, 6.45) is 0.306. The zero-order valence-electron chi connectivity index (χ0n) is 7.55. The van der Waals surface area contributed by atoms with Crippen LogP contribution in [0.15, 0.2) is 0 Å². The van der Waals surface area contributed by atoms with Crippen LogP contribution in [0.3, 0.4) is 0 Å². The molecule has 0 aromatic carbocycles. The maximum Gasteiger partial charge on any atom is 0.264 e. The zero-order chi connectivity index (χ0) is 10.3. The van der Waals surface area contributed by atoms with Crippen LogP contribution in [0.5, 0.6) is 0 Å². The van der Waals surface area contributed by atoms with Crippen LogP contribution in [0.4, 0.5) is 0 Å². The van der Waals surface area contributed by atoms with E-state index < -0.39 is 16.2 Å². The van der Waals surface area contributed by atoms with E-state index in [1.807, 2.05) is 0 Å². The molecular weight excluding hydrogens is 323 g/mol. The van der Waals surface area contributed by atoms with Crippen molar-refractivity contribution in [1.29, 1.82) is 0 Å². The van der Waals surface area contributed by atoms with Crippen molar-refractivity contribution in [3.8, 4) is 0 Å². The van der Waals surface area contributed by atoms with E-state index in [0.717, 1.165) is 6.26 Å². The van der Waals surface area contributed by atoms with Crippen molar-refractivity contribution in [2.45, 2.75) is 22.2 Å². The second kappa shape index (κ2) is 3.85. The molecule has 0 bridgehead atoms. The molecule has 2 saturated heterocycles. The van der Waals surface area contributed by atoms with E-state index in [1.165, 1.54) is 0 Å². The Morgan fingerprint density at radius 1 is 1.29 bits per heavy atom. The molecule has 2 aliphatic heterocycles. The summed E-state index contributed by atoms with van der Waals surface area (Å²) in [7, 11) is -3.43. The van der Waals surface area contributed by atoms with Gasteiger partial charge in [-0.1, -0.05) is 22.6 Å². The van der Waals surface area contributed by atoms with Gasteiger partial charge in [-0.2, -0.15) is 8.42 Å². The number of hydrogen-bond acceptors (Lipinski definition) is 5. The molecule has 0 radical (unpaired) electrons. The number of fused-ring (bicyclic) bond motifs is 1. The van der Waals surface area contributed by atoms with Gasteiger partial charge in [-0.15, -0.1) is 0 Å². The topological polar surface area (TPSA) is 61.8 Å².